The number of halogens is 3. The Morgan fingerprint density at radius 3 is 2.45 bits per heavy atom. The SMILES string of the molecule is C[C@@]1(Cc2ccc(Br)cc2)C(=O)N(c2cc(Cl)cc(Cl)c2)c2ncc(ON3CCNCC3)n21. The molecule has 3 heterocycles. The number of aromatic nitrogens is 2. The molecule has 0 unspecified atom stereocenters. The molecule has 2 aromatic carbocycles. The average molecular weight is 551 g/mol. The highest BCUT2D eigenvalue weighted by molar-refractivity contribution is 9.10. The molecule has 0 radical (unpaired) electrons. The van der Waals surface area contributed by atoms with Crippen LogP contribution in [0.5, 0.6) is 5.88 Å². The number of benzene rings is 2. The van der Waals surface area contributed by atoms with E-state index in [1.54, 1.807) is 29.3 Å². The molecule has 1 saturated heterocycles. The number of carbonyl (C=O) groups excluding carboxylic acids is 1. The van der Waals surface area contributed by atoms with Gasteiger partial charge in [0, 0.05) is 47.1 Å². The van der Waals surface area contributed by atoms with Crippen LogP contribution in [-0.4, -0.2) is 46.7 Å². The number of piperazine rings is 1. The monoisotopic (exact) mass is 549 g/mol. The Morgan fingerprint density at radius 1 is 1.12 bits per heavy atom. The second kappa shape index (κ2) is 8.92. The number of hydroxylamine groups is 2. The van der Waals surface area contributed by atoms with Crippen molar-refractivity contribution in [2.24, 2.45) is 0 Å². The first-order valence-electron chi connectivity index (χ1n) is 10.6. The van der Waals surface area contributed by atoms with E-state index in [1.165, 1.54) is 0 Å². The third kappa shape index (κ3) is 4.26. The molecular weight excluding hydrogens is 529 g/mol. The van der Waals surface area contributed by atoms with E-state index in [4.69, 9.17) is 28.0 Å². The molecule has 2 aliphatic rings. The van der Waals surface area contributed by atoms with Gasteiger partial charge >= 0.3 is 0 Å². The van der Waals surface area contributed by atoms with Crippen LogP contribution in [0.2, 0.25) is 10.0 Å². The predicted octanol–water partition coefficient (Wildman–Crippen LogP) is 4.79. The summed E-state index contributed by atoms with van der Waals surface area (Å²) >= 11 is 16.0. The minimum atomic E-state index is -0.960. The zero-order valence-electron chi connectivity index (χ0n) is 17.9. The van der Waals surface area contributed by atoms with Crippen molar-refractivity contribution >= 4 is 56.7 Å². The lowest BCUT2D eigenvalue weighted by Gasteiger charge is -2.30. The van der Waals surface area contributed by atoms with Gasteiger partial charge in [-0.2, -0.15) is 0 Å². The van der Waals surface area contributed by atoms with Gasteiger partial charge in [-0.1, -0.05) is 51.3 Å². The van der Waals surface area contributed by atoms with Crippen LogP contribution in [0.3, 0.4) is 0 Å². The van der Waals surface area contributed by atoms with Crippen molar-refractivity contribution in [3.8, 4) is 5.88 Å². The summed E-state index contributed by atoms with van der Waals surface area (Å²) in [7, 11) is 0. The molecule has 1 aromatic heterocycles. The van der Waals surface area contributed by atoms with Gasteiger partial charge in [-0.05, 0) is 42.8 Å². The average Bonchev–Trinajstić information content (AvgIpc) is 3.27. The number of nitrogens with one attached hydrogen (secondary N) is 1. The number of amides is 1. The molecule has 33 heavy (non-hydrogen) atoms. The second-order valence-electron chi connectivity index (χ2n) is 8.35. The van der Waals surface area contributed by atoms with E-state index >= 15 is 0 Å². The highest BCUT2D eigenvalue weighted by Crippen LogP contribution is 2.45. The van der Waals surface area contributed by atoms with Crippen LogP contribution in [0, 0.1) is 0 Å². The molecule has 0 aliphatic carbocycles. The smallest absolute Gasteiger partial charge is 0.260 e. The summed E-state index contributed by atoms with van der Waals surface area (Å²) in [6.07, 6.45) is 2.13. The van der Waals surface area contributed by atoms with E-state index < -0.39 is 5.54 Å². The number of nitrogens with zero attached hydrogens (tertiary/aromatic N) is 4. The summed E-state index contributed by atoms with van der Waals surface area (Å²) in [5.41, 5.74) is 0.628. The van der Waals surface area contributed by atoms with Gasteiger partial charge in [-0.15, -0.1) is 5.06 Å². The molecule has 0 bridgehead atoms. The van der Waals surface area contributed by atoms with Gasteiger partial charge in [0.15, 0.2) is 0 Å². The van der Waals surface area contributed by atoms with Gasteiger partial charge in [-0.25, -0.2) is 9.88 Å². The van der Waals surface area contributed by atoms with E-state index in [0.717, 1.165) is 36.2 Å². The Morgan fingerprint density at radius 2 is 1.79 bits per heavy atom. The van der Waals surface area contributed by atoms with Crippen molar-refractivity contribution in [3.05, 3.63) is 68.7 Å². The van der Waals surface area contributed by atoms with E-state index in [-0.39, 0.29) is 5.91 Å². The fraction of sp³-hybridized carbons (Fsp3) is 0.304. The Bertz CT molecular complexity index is 1180. The maximum Gasteiger partial charge on any atom is 0.260 e. The van der Waals surface area contributed by atoms with Gasteiger partial charge in [-0.3, -0.25) is 9.36 Å². The summed E-state index contributed by atoms with van der Waals surface area (Å²) in [6.45, 7) is 5.07. The molecule has 1 amide bonds. The largest absolute Gasteiger partial charge is 0.386 e. The van der Waals surface area contributed by atoms with Crippen LogP contribution in [0.1, 0.15) is 12.5 Å². The number of fused-ring (bicyclic) bond motifs is 1. The van der Waals surface area contributed by atoms with E-state index in [0.29, 0.717) is 34.0 Å². The van der Waals surface area contributed by atoms with Gasteiger partial charge < -0.3 is 10.2 Å². The molecule has 3 aromatic rings. The van der Waals surface area contributed by atoms with Gasteiger partial charge in [0.2, 0.25) is 11.8 Å². The summed E-state index contributed by atoms with van der Waals surface area (Å²) in [5, 5.41) is 6.10. The van der Waals surface area contributed by atoms with Crippen molar-refractivity contribution in [3.63, 3.8) is 0 Å². The molecule has 2 aliphatic heterocycles. The second-order valence-corrected chi connectivity index (χ2v) is 10.1. The molecule has 10 heteroatoms. The molecule has 5 rings (SSSR count). The highest BCUT2D eigenvalue weighted by Gasteiger charge is 2.51. The molecular formula is C23H22BrCl2N5O2. The Labute approximate surface area is 210 Å². The van der Waals surface area contributed by atoms with Crippen molar-refractivity contribution < 1.29 is 9.63 Å². The lowest BCUT2D eigenvalue weighted by molar-refractivity contribution is -0.125. The number of anilines is 2. The normalized spacial score (nSPS) is 20.8. The number of imidazole rings is 1. The third-order valence-electron chi connectivity index (χ3n) is 5.93. The third-order valence-corrected chi connectivity index (χ3v) is 6.90. The molecule has 7 nitrogen and oxygen atoms in total. The first-order valence-corrected chi connectivity index (χ1v) is 12.2. The minimum Gasteiger partial charge on any atom is -0.386 e. The Kier molecular flexibility index (Phi) is 6.13. The summed E-state index contributed by atoms with van der Waals surface area (Å²) in [6, 6.07) is 13.0. The molecule has 172 valence electrons. The quantitative estimate of drug-likeness (QED) is 0.495. The van der Waals surface area contributed by atoms with Crippen molar-refractivity contribution in [2.75, 3.05) is 31.1 Å². The Balaban J connectivity index is 1.59. The Hall–Kier alpha value is -2.10. The van der Waals surface area contributed by atoms with Gasteiger partial charge in [0.25, 0.3) is 5.91 Å². The van der Waals surface area contributed by atoms with Crippen LogP contribution < -0.4 is 15.1 Å². The summed E-state index contributed by atoms with van der Waals surface area (Å²) < 4.78 is 2.87. The number of hydrogen-bond acceptors (Lipinski definition) is 5. The molecule has 1 fully saturated rings. The van der Waals surface area contributed by atoms with Crippen LogP contribution in [0.25, 0.3) is 0 Å². The molecule has 1 atom stereocenters. The minimum absolute atomic E-state index is 0.128. The zero-order valence-corrected chi connectivity index (χ0v) is 21.0. The first-order chi connectivity index (χ1) is 15.8. The number of rotatable bonds is 5. The zero-order chi connectivity index (χ0) is 23.2. The van der Waals surface area contributed by atoms with Crippen molar-refractivity contribution in [1.82, 2.24) is 19.9 Å². The van der Waals surface area contributed by atoms with Crippen LogP contribution >= 0.6 is 39.1 Å². The van der Waals surface area contributed by atoms with Crippen LogP contribution in [0.4, 0.5) is 11.6 Å². The molecule has 1 N–H and O–H groups in total. The predicted molar refractivity (Wildman–Crippen MR) is 132 cm³/mol. The number of hydrogen-bond donors (Lipinski definition) is 1. The van der Waals surface area contributed by atoms with Crippen molar-refractivity contribution in [1.29, 1.82) is 0 Å². The first kappa shape index (κ1) is 22.7. The topological polar surface area (TPSA) is 62.6 Å². The fourth-order valence-corrected chi connectivity index (χ4v) is 5.14. The van der Waals surface area contributed by atoms with E-state index in [1.807, 2.05) is 40.8 Å². The van der Waals surface area contributed by atoms with Gasteiger partial charge in [0.1, 0.15) is 5.54 Å². The van der Waals surface area contributed by atoms with E-state index in [2.05, 4.69) is 26.2 Å². The van der Waals surface area contributed by atoms with Gasteiger partial charge in [0.05, 0.1) is 11.9 Å². The standard InChI is InChI=1S/C23H22BrCl2N5O2/c1-23(13-15-2-4-16(24)5-3-15)21(32)30(19-11-17(25)10-18(26)12-19)22-28-14-20(31(22)23)33-29-8-6-27-7-9-29/h2-5,10-12,14,27H,6-9,13H2,1H3/t23-/m1/s1. The molecule has 0 spiro atoms. The highest BCUT2D eigenvalue weighted by atomic mass is 79.9. The van der Waals surface area contributed by atoms with E-state index in [9.17, 15) is 4.79 Å². The maximum atomic E-state index is 14.0. The van der Waals surface area contributed by atoms with Crippen LogP contribution in [-0.2, 0) is 16.8 Å². The van der Waals surface area contributed by atoms with Crippen LogP contribution in [0.15, 0.2) is 53.1 Å². The fourth-order valence-electron chi connectivity index (χ4n) is 4.36. The number of carbonyl (C=O) groups is 1. The maximum absolute atomic E-state index is 14.0. The van der Waals surface area contributed by atoms with Crippen molar-refractivity contribution in [2.45, 2.75) is 18.9 Å². The lowest BCUT2D eigenvalue weighted by atomic mass is 9.92. The summed E-state index contributed by atoms with van der Waals surface area (Å²) in [4.78, 5) is 26.4. The molecule has 0 saturated carbocycles. The lowest BCUT2D eigenvalue weighted by Crippen LogP contribution is -2.46. The summed E-state index contributed by atoms with van der Waals surface area (Å²) in [5.74, 6) is 0.871.